The SMILES string of the molecule is N#CC(C(=O)c1cc2sccc2s1)c1ccccc1Cl. The smallest absolute Gasteiger partial charge is 0.194 e. The molecule has 0 amide bonds. The van der Waals surface area contributed by atoms with Crippen molar-refractivity contribution in [2.75, 3.05) is 0 Å². The average Bonchev–Trinajstić information content (AvgIpc) is 3.02. The fraction of sp³-hybridized carbons (Fsp3) is 0.0667. The van der Waals surface area contributed by atoms with Crippen molar-refractivity contribution in [3.63, 3.8) is 0 Å². The number of benzene rings is 1. The zero-order chi connectivity index (χ0) is 14.1. The Bertz CT molecular complexity index is 799. The fourth-order valence-electron chi connectivity index (χ4n) is 2.01. The molecule has 2 nitrogen and oxygen atoms in total. The zero-order valence-corrected chi connectivity index (χ0v) is 12.6. The molecule has 0 aliphatic carbocycles. The van der Waals surface area contributed by atoms with Gasteiger partial charge in [0.25, 0.3) is 0 Å². The third-order valence-corrected chi connectivity index (χ3v) is 5.44. The van der Waals surface area contributed by atoms with E-state index in [1.807, 2.05) is 17.5 Å². The monoisotopic (exact) mass is 317 g/mol. The first-order chi connectivity index (χ1) is 9.70. The number of fused-ring (bicyclic) bond motifs is 1. The number of carbonyl (C=O) groups is 1. The first-order valence-electron chi connectivity index (χ1n) is 5.86. The standard InChI is InChI=1S/C15H8ClNOS2/c16-11-4-2-1-3-9(11)10(8-17)15(18)14-7-13-12(20-14)5-6-19-13/h1-7,10H. The third-order valence-electron chi connectivity index (χ3n) is 2.99. The summed E-state index contributed by atoms with van der Waals surface area (Å²) in [5, 5.41) is 11.8. The van der Waals surface area contributed by atoms with Gasteiger partial charge in [-0.1, -0.05) is 29.8 Å². The fourth-order valence-corrected chi connectivity index (χ4v) is 4.33. The lowest BCUT2D eigenvalue weighted by atomic mass is 9.95. The Labute approximate surface area is 128 Å². The van der Waals surface area contributed by atoms with Gasteiger partial charge in [-0.3, -0.25) is 4.79 Å². The topological polar surface area (TPSA) is 40.9 Å². The summed E-state index contributed by atoms with van der Waals surface area (Å²) in [6, 6.07) is 12.9. The molecule has 2 heterocycles. The number of nitriles is 1. The van der Waals surface area contributed by atoms with E-state index in [2.05, 4.69) is 6.07 Å². The highest BCUT2D eigenvalue weighted by atomic mass is 35.5. The van der Waals surface area contributed by atoms with Crippen LogP contribution in [-0.2, 0) is 0 Å². The Kier molecular flexibility index (Phi) is 3.58. The van der Waals surface area contributed by atoms with Crippen molar-refractivity contribution in [1.29, 1.82) is 5.26 Å². The minimum absolute atomic E-state index is 0.186. The number of Topliss-reactive ketones (excluding diaryl/α,β-unsaturated/α-hetero) is 1. The number of carbonyl (C=O) groups excluding carboxylic acids is 1. The zero-order valence-electron chi connectivity index (χ0n) is 10.2. The number of nitrogens with zero attached hydrogens (tertiary/aromatic N) is 1. The molecule has 3 aromatic rings. The number of halogens is 1. The second kappa shape index (κ2) is 5.37. The number of ketones is 1. The van der Waals surface area contributed by atoms with Gasteiger partial charge in [-0.05, 0) is 29.1 Å². The molecule has 0 radical (unpaired) electrons. The van der Waals surface area contributed by atoms with Crippen LogP contribution in [0.25, 0.3) is 9.40 Å². The largest absolute Gasteiger partial charge is 0.291 e. The Morgan fingerprint density at radius 1 is 1.25 bits per heavy atom. The summed E-state index contributed by atoms with van der Waals surface area (Å²) in [5.41, 5.74) is 0.568. The van der Waals surface area contributed by atoms with Crippen molar-refractivity contribution in [2.24, 2.45) is 0 Å². The van der Waals surface area contributed by atoms with E-state index in [4.69, 9.17) is 11.6 Å². The molecule has 1 aromatic carbocycles. The van der Waals surface area contributed by atoms with Gasteiger partial charge in [0.05, 0.1) is 10.9 Å². The molecular weight excluding hydrogens is 310 g/mol. The lowest BCUT2D eigenvalue weighted by molar-refractivity contribution is 0.0983. The summed E-state index contributed by atoms with van der Waals surface area (Å²) >= 11 is 9.11. The van der Waals surface area contributed by atoms with Crippen LogP contribution in [0.15, 0.2) is 41.8 Å². The molecule has 0 aliphatic heterocycles. The number of hydrogen-bond acceptors (Lipinski definition) is 4. The Morgan fingerprint density at radius 2 is 2.05 bits per heavy atom. The van der Waals surface area contributed by atoms with Crippen molar-refractivity contribution in [3.8, 4) is 6.07 Å². The molecule has 2 aromatic heterocycles. The summed E-state index contributed by atoms with van der Waals surface area (Å²) in [6.45, 7) is 0. The number of hydrogen-bond donors (Lipinski definition) is 0. The highest BCUT2D eigenvalue weighted by Gasteiger charge is 2.25. The highest BCUT2D eigenvalue weighted by Crippen LogP contribution is 2.34. The van der Waals surface area contributed by atoms with Crippen LogP contribution in [0.1, 0.15) is 21.2 Å². The molecule has 1 atom stereocenters. The molecule has 0 spiro atoms. The van der Waals surface area contributed by atoms with Crippen LogP contribution in [0.5, 0.6) is 0 Å². The third kappa shape index (κ3) is 2.25. The van der Waals surface area contributed by atoms with E-state index in [1.54, 1.807) is 35.6 Å². The van der Waals surface area contributed by atoms with Gasteiger partial charge >= 0.3 is 0 Å². The minimum atomic E-state index is -0.851. The molecule has 0 bridgehead atoms. The van der Waals surface area contributed by atoms with Crippen LogP contribution in [0.3, 0.4) is 0 Å². The van der Waals surface area contributed by atoms with E-state index in [0.717, 1.165) is 9.40 Å². The van der Waals surface area contributed by atoms with Gasteiger partial charge in [0.15, 0.2) is 5.78 Å². The molecular formula is C15H8ClNOS2. The maximum Gasteiger partial charge on any atom is 0.194 e. The molecule has 20 heavy (non-hydrogen) atoms. The van der Waals surface area contributed by atoms with Crippen LogP contribution in [-0.4, -0.2) is 5.78 Å². The van der Waals surface area contributed by atoms with Gasteiger partial charge in [0.2, 0.25) is 0 Å². The average molecular weight is 318 g/mol. The molecule has 5 heteroatoms. The molecule has 0 saturated heterocycles. The molecule has 0 saturated carbocycles. The van der Waals surface area contributed by atoms with Gasteiger partial charge < -0.3 is 0 Å². The van der Waals surface area contributed by atoms with Crippen LogP contribution >= 0.6 is 34.3 Å². The quantitative estimate of drug-likeness (QED) is 0.630. The maximum atomic E-state index is 12.5. The minimum Gasteiger partial charge on any atom is -0.291 e. The van der Waals surface area contributed by atoms with Crippen molar-refractivity contribution in [3.05, 3.63) is 57.2 Å². The van der Waals surface area contributed by atoms with Gasteiger partial charge in [0.1, 0.15) is 5.92 Å². The number of rotatable bonds is 3. The second-order valence-corrected chi connectivity index (χ2v) is 6.65. The lowest BCUT2D eigenvalue weighted by Gasteiger charge is -2.08. The Balaban J connectivity index is 2.02. The summed E-state index contributed by atoms with van der Waals surface area (Å²) in [4.78, 5) is 13.1. The van der Waals surface area contributed by atoms with Crippen molar-refractivity contribution >= 4 is 49.5 Å². The van der Waals surface area contributed by atoms with E-state index in [9.17, 15) is 10.1 Å². The molecule has 98 valence electrons. The van der Waals surface area contributed by atoms with Crippen molar-refractivity contribution in [1.82, 2.24) is 0 Å². The summed E-state index contributed by atoms with van der Waals surface area (Å²) in [7, 11) is 0. The number of thiophene rings is 2. The maximum absolute atomic E-state index is 12.5. The molecule has 0 aliphatic rings. The molecule has 0 fully saturated rings. The van der Waals surface area contributed by atoms with Gasteiger partial charge in [-0.2, -0.15) is 5.26 Å². The van der Waals surface area contributed by atoms with E-state index in [0.29, 0.717) is 15.5 Å². The van der Waals surface area contributed by atoms with E-state index in [1.165, 1.54) is 11.3 Å². The van der Waals surface area contributed by atoms with Gasteiger partial charge in [-0.15, -0.1) is 22.7 Å². The Hall–Kier alpha value is -1.67. The predicted octanol–water partition coefficient (Wildman–Crippen LogP) is 5.11. The summed E-state index contributed by atoms with van der Waals surface area (Å²) in [5.74, 6) is -1.04. The summed E-state index contributed by atoms with van der Waals surface area (Å²) < 4.78 is 2.16. The van der Waals surface area contributed by atoms with Crippen molar-refractivity contribution < 1.29 is 4.79 Å². The van der Waals surface area contributed by atoms with Crippen LogP contribution < -0.4 is 0 Å². The molecule has 0 N–H and O–H groups in total. The molecule has 1 unspecified atom stereocenters. The predicted molar refractivity (Wildman–Crippen MR) is 83.8 cm³/mol. The van der Waals surface area contributed by atoms with E-state index >= 15 is 0 Å². The molecule has 3 rings (SSSR count). The Morgan fingerprint density at radius 3 is 2.75 bits per heavy atom. The van der Waals surface area contributed by atoms with Crippen molar-refractivity contribution in [2.45, 2.75) is 5.92 Å². The van der Waals surface area contributed by atoms with E-state index < -0.39 is 5.92 Å². The van der Waals surface area contributed by atoms with E-state index in [-0.39, 0.29) is 5.78 Å². The first kappa shape index (κ1) is 13.3. The summed E-state index contributed by atoms with van der Waals surface area (Å²) in [6.07, 6.45) is 0. The first-order valence-corrected chi connectivity index (χ1v) is 7.93. The second-order valence-electron chi connectivity index (χ2n) is 4.21. The normalized spacial score (nSPS) is 12.2. The van der Waals surface area contributed by atoms with Crippen LogP contribution in [0, 0.1) is 11.3 Å². The van der Waals surface area contributed by atoms with Crippen LogP contribution in [0.2, 0.25) is 5.02 Å². The van der Waals surface area contributed by atoms with Crippen LogP contribution in [0.4, 0.5) is 0 Å². The van der Waals surface area contributed by atoms with Gasteiger partial charge in [-0.25, -0.2) is 0 Å². The highest BCUT2D eigenvalue weighted by molar-refractivity contribution is 7.27. The lowest BCUT2D eigenvalue weighted by Crippen LogP contribution is -2.10. The van der Waals surface area contributed by atoms with Gasteiger partial charge in [0, 0.05) is 14.4 Å².